The topological polar surface area (TPSA) is 55.8 Å². The van der Waals surface area contributed by atoms with Crippen molar-refractivity contribution < 1.29 is 19.4 Å². The zero-order valence-electron chi connectivity index (χ0n) is 6.24. The maximum Gasteiger partial charge on any atom is 0.377 e. The van der Waals surface area contributed by atoms with Crippen LogP contribution in [0.25, 0.3) is 0 Å². The van der Waals surface area contributed by atoms with E-state index in [1.54, 1.807) is 0 Å². The third-order valence-corrected chi connectivity index (χ3v) is 0.871. The number of hydrogen-bond donors (Lipinski definition) is 1. The Kier molecular flexibility index (Phi) is 4.64. The normalized spacial score (nSPS) is 10.5. The van der Waals surface area contributed by atoms with Crippen molar-refractivity contribution in [3.05, 3.63) is 24.7 Å². The maximum absolute atomic E-state index is 10.7. The molecule has 4 nitrogen and oxygen atoms in total. The Bertz CT molecular complexity index is 171. The smallest absolute Gasteiger partial charge is 0.377 e. The fraction of sp³-hybridized carbons (Fsp3) is 0.286. The summed E-state index contributed by atoms with van der Waals surface area (Å²) >= 11 is 0. The van der Waals surface area contributed by atoms with Crippen LogP contribution in [0.3, 0.4) is 0 Å². The first-order valence-corrected chi connectivity index (χ1v) is 2.92. The molecule has 0 saturated carbocycles. The van der Waals surface area contributed by atoms with Crippen molar-refractivity contribution in [1.82, 2.24) is 0 Å². The van der Waals surface area contributed by atoms with E-state index < -0.39 is 5.97 Å². The molecule has 0 saturated heterocycles. The third kappa shape index (κ3) is 3.30. The van der Waals surface area contributed by atoms with E-state index in [1.165, 1.54) is 13.2 Å². The van der Waals surface area contributed by atoms with Gasteiger partial charge in [0.05, 0.1) is 7.11 Å². The van der Waals surface area contributed by atoms with E-state index in [2.05, 4.69) is 16.1 Å². The molecule has 0 spiro atoms. The maximum atomic E-state index is 10.7. The van der Waals surface area contributed by atoms with Gasteiger partial charge >= 0.3 is 5.97 Å². The van der Waals surface area contributed by atoms with Crippen LogP contribution in [0.4, 0.5) is 0 Å². The molecular weight excluding hydrogens is 148 g/mol. The minimum absolute atomic E-state index is 0.0968. The number of aliphatic hydroxyl groups is 1. The van der Waals surface area contributed by atoms with E-state index in [4.69, 9.17) is 5.11 Å². The summed E-state index contributed by atoms with van der Waals surface area (Å²) in [5.74, 6) is -0.943. The molecule has 0 aromatic carbocycles. The summed E-state index contributed by atoms with van der Waals surface area (Å²) in [5, 5.41) is 8.38. The molecule has 0 radical (unpaired) electrons. The first-order valence-electron chi connectivity index (χ1n) is 2.92. The number of carbonyl (C=O) groups excluding carboxylic acids is 1. The highest BCUT2D eigenvalue weighted by Gasteiger charge is 2.09. The Hall–Kier alpha value is -1.45. The van der Waals surface area contributed by atoms with Gasteiger partial charge in [-0.15, -0.1) is 0 Å². The molecular formula is C7H10O4. The van der Waals surface area contributed by atoms with Crippen molar-refractivity contribution >= 4 is 5.97 Å². The van der Waals surface area contributed by atoms with Crippen molar-refractivity contribution in [2.45, 2.75) is 0 Å². The Morgan fingerprint density at radius 3 is 2.73 bits per heavy atom. The molecule has 0 amide bonds. The fourth-order valence-corrected chi connectivity index (χ4v) is 0.394. The van der Waals surface area contributed by atoms with Crippen LogP contribution in [0.2, 0.25) is 0 Å². The lowest BCUT2D eigenvalue weighted by Crippen LogP contribution is -2.09. The molecule has 0 atom stereocenters. The second-order valence-electron chi connectivity index (χ2n) is 1.58. The van der Waals surface area contributed by atoms with Gasteiger partial charge in [0.25, 0.3) is 0 Å². The second kappa shape index (κ2) is 5.34. The largest absolute Gasteiger partial charge is 0.511 e. The van der Waals surface area contributed by atoms with Crippen LogP contribution in [-0.2, 0) is 14.3 Å². The lowest BCUT2D eigenvalue weighted by Gasteiger charge is -2.02. The molecule has 0 rings (SSSR count). The molecule has 1 N–H and O–H groups in total. The minimum atomic E-state index is -0.713. The highest BCUT2D eigenvalue weighted by atomic mass is 16.6. The van der Waals surface area contributed by atoms with Gasteiger partial charge in [-0.3, -0.25) is 0 Å². The highest BCUT2D eigenvalue weighted by molar-refractivity contribution is 5.85. The first kappa shape index (κ1) is 9.55. The summed E-state index contributed by atoms with van der Waals surface area (Å²) in [7, 11) is 1.26. The molecule has 0 aliphatic carbocycles. The van der Waals surface area contributed by atoms with Crippen LogP contribution < -0.4 is 0 Å². The summed E-state index contributed by atoms with van der Waals surface area (Å²) in [5.41, 5.74) is 0. The summed E-state index contributed by atoms with van der Waals surface area (Å²) in [6, 6.07) is 0. The van der Waals surface area contributed by atoms with E-state index in [0.29, 0.717) is 6.26 Å². The highest BCUT2D eigenvalue weighted by Crippen LogP contribution is 1.96. The van der Waals surface area contributed by atoms with Crippen LogP contribution in [0.15, 0.2) is 24.7 Å². The molecule has 11 heavy (non-hydrogen) atoms. The summed E-state index contributed by atoms with van der Waals surface area (Å²) in [4.78, 5) is 10.7. The molecule has 4 heteroatoms. The van der Waals surface area contributed by atoms with Crippen molar-refractivity contribution in [2.24, 2.45) is 0 Å². The first-order chi connectivity index (χ1) is 5.26. The van der Waals surface area contributed by atoms with Gasteiger partial charge in [-0.1, -0.05) is 12.7 Å². The van der Waals surface area contributed by atoms with Crippen molar-refractivity contribution in [1.29, 1.82) is 0 Å². The summed E-state index contributed by atoms with van der Waals surface area (Å²) in [6.07, 6.45) is 1.97. The molecule has 0 bridgehead atoms. The van der Waals surface area contributed by atoms with Gasteiger partial charge in [0.2, 0.25) is 5.76 Å². The number of carbonyl (C=O) groups is 1. The van der Waals surface area contributed by atoms with Gasteiger partial charge in [-0.25, -0.2) is 4.79 Å². The van der Waals surface area contributed by atoms with E-state index in [-0.39, 0.29) is 12.4 Å². The number of aliphatic hydroxyl groups excluding tert-OH is 1. The van der Waals surface area contributed by atoms with Gasteiger partial charge in [0.1, 0.15) is 12.9 Å². The number of hydrogen-bond acceptors (Lipinski definition) is 4. The van der Waals surface area contributed by atoms with Crippen molar-refractivity contribution in [2.75, 3.05) is 13.7 Å². The molecule has 0 fully saturated rings. The van der Waals surface area contributed by atoms with Crippen LogP contribution in [0.1, 0.15) is 0 Å². The van der Waals surface area contributed by atoms with Crippen LogP contribution in [0.5, 0.6) is 0 Å². The Morgan fingerprint density at radius 2 is 2.36 bits per heavy atom. The van der Waals surface area contributed by atoms with E-state index in [1.807, 2.05) is 0 Å². The molecule has 0 aliphatic heterocycles. The Balaban J connectivity index is 3.90. The zero-order valence-corrected chi connectivity index (χ0v) is 6.24. The van der Waals surface area contributed by atoms with Crippen LogP contribution in [-0.4, -0.2) is 24.8 Å². The third-order valence-electron chi connectivity index (χ3n) is 0.871. The van der Waals surface area contributed by atoms with Crippen molar-refractivity contribution in [3.8, 4) is 0 Å². The predicted octanol–water partition coefficient (Wildman–Crippen LogP) is 0.761. The van der Waals surface area contributed by atoms with Crippen molar-refractivity contribution in [3.63, 3.8) is 0 Å². The molecule has 0 aromatic heterocycles. The van der Waals surface area contributed by atoms with E-state index >= 15 is 0 Å². The minimum Gasteiger partial charge on any atom is -0.511 e. The molecule has 0 unspecified atom stereocenters. The SMILES string of the molecule is C=CCOC(=O)/C(=C/O)OC. The molecule has 62 valence electrons. The number of rotatable bonds is 4. The van der Waals surface area contributed by atoms with Gasteiger partial charge in [0.15, 0.2) is 0 Å². The average molecular weight is 158 g/mol. The quantitative estimate of drug-likeness (QED) is 0.284. The molecule has 0 aromatic rings. The number of esters is 1. The van der Waals surface area contributed by atoms with Gasteiger partial charge in [-0.2, -0.15) is 0 Å². The van der Waals surface area contributed by atoms with E-state index in [9.17, 15) is 4.79 Å². The number of methoxy groups -OCH3 is 1. The van der Waals surface area contributed by atoms with Gasteiger partial charge in [0, 0.05) is 0 Å². The van der Waals surface area contributed by atoms with Crippen LogP contribution in [0, 0.1) is 0 Å². The summed E-state index contributed by atoms with van der Waals surface area (Å²) in [6.45, 7) is 3.44. The lowest BCUT2D eigenvalue weighted by atomic mass is 10.5. The van der Waals surface area contributed by atoms with E-state index in [0.717, 1.165) is 0 Å². The lowest BCUT2D eigenvalue weighted by molar-refractivity contribution is -0.141. The summed E-state index contributed by atoms with van der Waals surface area (Å²) < 4.78 is 8.99. The van der Waals surface area contributed by atoms with Gasteiger partial charge < -0.3 is 14.6 Å². The predicted molar refractivity (Wildman–Crippen MR) is 38.9 cm³/mol. The molecule has 0 heterocycles. The van der Waals surface area contributed by atoms with Crippen LogP contribution >= 0.6 is 0 Å². The number of ether oxygens (including phenoxy) is 2. The Labute approximate surface area is 64.7 Å². The standard InChI is InChI=1S/C7H10O4/c1-3-4-11-7(9)6(5-8)10-2/h3,5,8H,1,4H2,2H3/b6-5-. The average Bonchev–Trinajstić information content (AvgIpc) is 2.03. The van der Waals surface area contributed by atoms with Gasteiger partial charge in [-0.05, 0) is 0 Å². The fourth-order valence-electron chi connectivity index (χ4n) is 0.394. The molecule has 0 aliphatic rings. The second-order valence-corrected chi connectivity index (χ2v) is 1.58. The zero-order chi connectivity index (χ0) is 8.69. The monoisotopic (exact) mass is 158 g/mol. The Morgan fingerprint density at radius 1 is 1.73 bits per heavy atom.